The Hall–Kier alpha value is -1.31. The fraction of sp³-hybridized carbons (Fsp3) is 0.632. The van der Waals surface area contributed by atoms with Crippen LogP contribution in [0.5, 0.6) is 0 Å². The van der Waals surface area contributed by atoms with Crippen LogP contribution in [-0.4, -0.2) is 61.2 Å². The lowest BCUT2D eigenvalue weighted by Crippen LogP contribution is -2.53. The first kappa shape index (κ1) is 20.4. The number of halogens is 4. The molecule has 0 spiro atoms. The molecule has 1 aromatic rings. The van der Waals surface area contributed by atoms with Gasteiger partial charge in [-0.1, -0.05) is 30.3 Å². The summed E-state index contributed by atoms with van der Waals surface area (Å²) < 4.78 is 42.1. The smallest absolute Gasteiger partial charge is 0.341 e. The van der Waals surface area contributed by atoms with E-state index in [4.69, 9.17) is 0 Å². The monoisotopic (exact) mass is 403 g/mol. The summed E-state index contributed by atoms with van der Waals surface area (Å²) in [4.78, 5) is 16.2. The predicted molar refractivity (Wildman–Crippen MR) is 98.5 cm³/mol. The lowest BCUT2D eigenvalue weighted by atomic mass is 9.84. The highest BCUT2D eigenvalue weighted by atomic mass is 35.5. The Labute approximate surface area is 163 Å². The highest BCUT2D eigenvalue weighted by Crippen LogP contribution is 2.48. The second kappa shape index (κ2) is 7.60. The van der Waals surface area contributed by atoms with Gasteiger partial charge >= 0.3 is 6.18 Å². The van der Waals surface area contributed by atoms with Gasteiger partial charge in [0.05, 0.1) is 0 Å². The van der Waals surface area contributed by atoms with Crippen molar-refractivity contribution >= 4 is 18.3 Å². The maximum absolute atomic E-state index is 14.0. The fourth-order valence-corrected chi connectivity index (χ4v) is 4.72. The van der Waals surface area contributed by atoms with Crippen molar-refractivity contribution in [1.82, 2.24) is 15.1 Å². The van der Waals surface area contributed by atoms with Crippen molar-refractivity contribution in [3.63, 3.8) is 0 Å². The summed E-state index contributed by atoms with van der Waals surface area (Å²) in [5, 5.41) is 3.26. The van der Waals surface area contributed by atoms with E-state index in [2.05, 4.69) is 5.32 Å². The third-order valence-corrected chi connectivity index (χ3v) is 6.23. The molecule has 0 aromatic heterocycles. The highest BCUT2D eigenvalue weighted by Gasteiger charge is 2.64. The van der Waals surface area contributed by atoms with Crippen LogP contribution in [0.4, 0.5) is 13.2 Å². The number of likely N-dealkylation sites (tertiary alicyclic amines) is 2. The van der Waals surface area contributed by atoms with Crippen molar-refractivity contribution < 1.29 is 18.0 Å². The van der Waals surface area contributed by atoms with Gasteiger partial charge in [0.1, 0.15) is 0 Å². The van der Waals surface area contributed by atoms with Crippen LogP contribution in [0.2, 0.25) is 0 Å². The molecule has 4 rings (SSSR count). The molecule has 1 aromatic carbocycles. The van der Waals surface area contributed by atoms with E-state index >= 15 is 0 Å². The minimum Gasteiger partial charge on any atom is -0.341 e. The molecule has 0 aliphatic carbocycles. The molecule has 3 atom stereocenters. The van der Waals surface area contributed by atoms with Crippen LogP contribution >= 0.6 is 12.4 Å². The van der Waals surface area contributed by atoms with Crippen LogP contribution in [-0.2, 0) is 11.3 Å². The Balaban J connectivity index is 0.00000210. The Morgan fingerprint density at radius 3 is 2.37 bits per heavy atom. The van der Waals surface area contributed by atoms with E-state index in [1.165, 1.54) is 4.90 Å². The van der Waals surface area contributed by atoms with E-state index in [0.717, 1.165) is 18.7 Å². The van der Waals surface area contributed by atoms with Gasteiger partial charge in [0, 0.05) is 39.3 Å². The Morgan fingerprint density at radius 1 is 1.15 bits per heavy atom. The van der Waals surface area contributed by atoms with Gasteiger partial charge in [-0.2, -0.15) is 13.2 Å². The summed E-state index contributed by atoms with van der Waals surface area (Å²) in [6.07, 6.45) is -4.67. The van der Waals surface area contributed by atoms with E-state index in [0.29, 0.717) is 38.0 Å². The van der Waals surface area contributed by atoms with Gasteiger partial charge in [-0.05, 0) is 30.4 Å². The summed E-state index contributed by atoms with van der Waals surface area (Å²) in [6.45, 7) is 3.00. The third-order valence-electron chi connectivity index (χ3n) is 6.23. The van der Waals surface area contributed by atoms with Crippen LogP contribution in [0.15, 0.2) is 30.3 Å². The van der Waals surface area contributed by atoms with Gasteiger partial charge in [0.15, 0.2) is 5.41 Å². The largest absolute Gasteiger partial charge is 0.404 e. The Kier molecular flexibility index (Phi) is 5.75. The molecule has 150 valence electrons. The lowest BCUT2D eigenvalue weighted by molar-refractivity contribution is -0.223. The van der Waals surface area contributed by atoms with E-state index in [1.807, 2.05) is 30.3 Å². The predicted octanol–water partition coefficient (Wildman–Crippen LogP) is 2.54. The summed E-state index contributed by atoms with van der Waals surface area (Å²) >= 11 is 0. The van der Waals surface area contributed by atoms with Gasteiger partial charge < -0.3 is 10.2 Å². The normalized spacial score (nSPS) is 31.0. The van der Waals surface area contributed by atoms with Gasteiger partial charge in [0.25, 0.3) is 0 Å². The molecular formula is C19H25ClF3N3O. The molecule has 1 amide bonds. The number of nitrogens with one attached hydrogen (secondary N) is 1. The molecule has 3 aliphatic heterocycles. The van der Waals surface area contributed by atoms with E-state index in [9.17, 15) is 18.0 Å². The third kappa shape index (κ3) is 3.69. The molecule has 4 nitrogen and oxygen atoms in total. The average Bonchev–Trinajstić information content (AvgIpc) is 3.29. The number of fused-ring (bicyclic) bond motifs is 1. The zero-order chi connectivity index (χ0) is 18.4. The summed E-state index contributed by atoms with van der Waals surface area (Å²) in [6, 6.07) is 9.46. The van der Waals surface area contributed by atoms with E-state index < -0.39 is 17.5 Å². The van der Waals surface area contributed by atoms with Crippen molar-refractivity contribution in [2.24, 2.45) is 17.3 Å². The SMILES string of the molecule is Cl.O=C(N1C[C@H]2CNC[C@H]2C1)C1(C(F)(F)F)CCN(Cc2ccccc2)C1. The van der Waals surface area contributed by atoms with Gasteiger partial charge in [-0.15, -0.1) is 12.4 Å². The van der Waals surface area contributed by atoms with Crippen molar-refractivity contribution in [2.45, 2.75) is 19.1 Å². The second-order valence-corrected chi connectivity index (χ2v) is 7.91. The van der Waals surface area contributed by atoms with Gasteiger partial charge in [0.2, 0.25) is 5.91 Å². The molecule has 8 heteroatoms. The standard InChI is InChI=1S/C19H24F3N3O.ClH/c20-19(21,22)18(17(26)25-11-15-8-23-9-16(15)12-25)6-7-24(13-18)10-14-4-2-1-3-5-14;/h1-5,15-16,23H,6-13H2;1H/t15-,16+,18?;. The van der Waals surface area contributed by atoms with Crippen molar-refractivity contribution in [3.05, 3.63) is 35.9 Å². The van der Waals surface area contributed by atoms with E-state index in [-0.39, 0.29) is 25.4 Å². The number of alkyl halides is 3. The maximum atomic E-state index is 14.0. The molecule has 0 saturated carbocycles. The number of carbonyl (C=O) groups excluding carboxylic acids is 1. The minimum absolute atomic E-state index is 0. The molecular weight excluding hydrogens is 379 g/mol. The van der Waals surface area contributed by atoms with Gasteiger partial charge in [-0.3, -0.25) is 9.69 Å². The number of carbonyl (C=O) groups is 1. The molecule has 1 N–H and O–H groups in total. The fourth-order valence-electron chi connectivity index (χ4n) is 4.72. The Morgan fingerprint density at radius 2 is 1.78 bits per heavy atom. The minimum atomic E-state index is -4.52. The van der Waals surface area contributed by atoms with E-state index in [1.54, 1.807) is 4.90 Å². The molecule has 0 bridgehead atoms. The number of hydrogen-bond acceptors (Lipinski definition) is 3. The second-order valence-electron chi connectivity index (χ2n) is 7.91. The molecule has 27 heavy (non-hydrogen) atoms. The van der Waals surface area contributed by atoms with Crippen LogP contribution in [0, 0.1) is 17.3 Å². The van der Waals surface area contributed by atoms with Crippen LogP contribution < -0.4 is 5.32 Å². The molecule has 3 aliphatic rings. The number of rotatable bonds is 3. The number of amides is 1. The first-order chi connectivity index (χ1) is 12.4. The number of benzene rings is 1. The Bertz CT molecular complexity index is 660. The van der Waals surface area contributed by atoms with Crippen LogP contribution in [0.3, 0.4) is 0 Å². The van der Waals surface area contributed by atoms with Crippen LogP contribution in [0.25, 0.3) is 0 Å². The quantitative estimate of drug-likeness (QED) is 0.842. The van der Waals surface area contributed by atoms with Crippen molar-refractivity contribution in [3.8, 4) is 0 Å². The first-order valence-electron chi connectivity index (χ1n) is 9.22. The summed E-state index contributed by atoms with van der Waals surface area (Å²) in [5.41, 5.74) is -1.28. The first-order valence-corrected chi connectivity index (χ1v) is 9.22. The summed E-state index contributed by atoms with van der Waals surface area (Å²) in [5.74, 6) is -0.118. The zero-order valence-corrected chi connectivity index (χ0v) is 15.9. The lowest BCUT2D eigenvalue weighted by Gasteiger charge is -2.34. The van der Waals surface area contributed by atoms with Crippen molar-refractivity contribution in [2.75, 3.05) is 39.3 Å². The molecule has 3 fully saturated rings. The topological polar surface area (TPSA) is 35.6 Å². The number of hydrogen-bond donors (Lipinski definition) is 1. The highest BCUT2D eigenvalue weighted by molar-refractivity contribution is 5.85. The summed E-state index contributed by atoms with van der Waals surface area (Å²) in [7, 11) is 0. The molecule has 3 heterocycles. The van der Waals surface area contributed by atoms with Crippen LogP contribution in [0.1, 0.15) is 12.0 Å². The average molecular weight is 404 g/mol. The van der Waals surface area contributed by atoms with Gasteiger partial charge in [-0.25, -0.2) is 0 Å². The molecule has 0 radical (unpaired) electrons. The molecule has 3 saturated heterocycles. The molecule has 1 unspecified atom stereocenters. The zero-order valence-electron chi connectivity index (χ0n) is 15.0. The van der Waals surface area contributed by atoms with Crippen molar-refractivity contribution in [1.29, 1.82) is 0 Å². The number of nitrogens with zero attached hydrogens (tertiary/aromatic N) is 2. The maximum Gasteiger partial charge on any atom is 0.404 e.